The third kappa shape index (κ3) is 5.91. The van der Waals surface area contributed by atoms with Crippen molar-refractivity contribution < 1.29 is 0 Å². The molecular weight excluding hydrogens is 641 g/mol. The number of hydrogen-bond acceptors (Lipinski definition) is 2. The Labute approximate surface area is 315 Å². The van der Waals surface area contributed by atoms with Crippen molar-refractivity contribution in [1.82, 2.24) is 0 Å². The first kappa shape index (κ1) is 33.3. The van der Waals surface area contributed by atoms with E-state index in [4.69, 9.17) is 0 Å². The van der Waals surface area contributed by atoms with Crippen LogP contribution in [0.3, 0.4) is 0 Å². The van der Waals surface area contributed by atoms with Gasteiger partial charge in [0, 0.05) is 41.3 Å². The van der Waals surface area contributed by atoms with E-state index in [0.29, 0.717) is 0 Å². The van der Waals surface area contributed by atoms with Gasteiger partial charge in [-0.15, -0.1) is 0 Å². The van der Waals surface area contributed by atoms with Gasteiger partial charge >= 0.3 is 0 Å². The first-order chi connectivity index (χ1) is 25.9. The molecule has 0 bridgehead atoms. The van der Waals surface area contributed by atoms with Crippen molar-refractivity contribution in [1.29, 1.82) is 0 Å². The summed E-state index contributed by atoms with van der Waals surface area (Å²) in [5.41, 5.74) is 21.5. The van der Waals surface area contributed by atoms with Crippen LogP contribution in [0, 0.1) is 13.8 Å². The Bertz CT molecular complexity index is 2220. The van der Waals surface area contributed by atoms with E-state index >= 15 is 0 Å². The molecule has 6 aromatic rings. The van der Waals surface area contributed by atoms with E-state index in [1.165, 1.54) is 89.5 Å². The molecule has 0 fully saturated rings. The van der Waals surface area contributed by atoms with Crippen LogP contribution in [0.5, 0.6) is 0 Å². The van der Waals surface area contributed by atoms with Gasteiger partial charge in [0.25, 0.3) is 0 Å². The number of anilines is 4. The second-order valence-corrected chi connectivity index (χ2v) is 15.3. The molecule has 2 heterocycles. The van der Waals surface area contributed by atoms with Crippen LogP contribution in [-0.2, 0) is 18.3 Å². The lowest BCUT2D eigenvalue weighted by molar-refractivity contribution is 0.490. The summed E-state index contributed by atoms with van der Waals surface area (Å²) < 4.78 is 0. The molecule has 53 heavy (non-hydrogen) atoms. The summed E-state index contributed by atoms with van der Waals surface area (Å²) >= 11 is 0. The lowest BCUT2D eigenvalue weighted by Crippen LogP contribution is -2.23. The molecule has 2 nitrogen and oxygen atoms in total. The number of fused-ring (bicyclic) bond motifs is 5. The quantitative estimate of drug-likeness (QED) is 0.147. The van der Waals surface area contributed by atoms with Gasteiger partial charge in [-0.2, -0.15) is 0 Å². The fourth-order valence-corrected chi connectivity index (χ4v) is 9.26. The molecule has 2 heteroatoms. The molecule has 9 rings (SSSR count). The molecule has 262 valence electrons. The number of hydrogen-bond donors (Lipinski definition) is 0. The van der Waals surface area contributed by atoms with Crippen molar-refractivity contribution in [2.24, 2.45) is 0 Å². The predicted molar refractivity (Wildman–Crippen MR) is 228 cm³/mol. The molecule has 0 unspecified atom stereocenters. The highest BCUT2D eigenvalue weighted by Crippen LogP contribution is 2.53. The van der Waals surface area contributed by atoms with Gasteiger partial charge in [0.15, 0.2) is 0 Å². The molecule has 0 spiro atoms. The molecule has 6 aromatic carbocycles. The largest absolute Gasteiger partial charge is 0.341 e. The molecular formula is C51H48N2. The molecule has 2 aliphatic heterocycles. The van der Waals surface area contributed by atoms with Crippen molar-refractivity contribution >= 4 is 47.1 Å². The Hall–Kier alpha value is -5.60. The van der Waals surface area contributed by atoms with Gasteiger partial charge in [0.2, 0.25) is 0 Å². The summed E-state index contributed by atoms with van der Waals surface area (Å²) in [6.07, 6.45) is 13.5. The number of rotatable bonds is 8. The van der Waals surface area contributed by atoms with Gasteiger partial charge in [-0.1, -0.05) is 134 Å². The third-order valence-corrected chi connectivity index (χ3v) is 12.2. The molecule has 0 saturated carbocycles. The van der Waals surface area contributed by atoms with Crippen molar-refractivity contribution in [2.45, 2.75) is 58.8 Å². The first-order valence-electron chi connectivity index (χ1n) is 19.5. The zero-order valence-corrected chi connectivity index (χ0v) is 31.5. The molecule has 0 N–H and O–H groups in total. The zero-order valence-electron chi connectivity index (χ0n) is 31.5. The highest BCUT2D eigenvalue weighted by Gasteiger charge is 2.40. The van der Waals surface area contributed by atoms with E-state index in [1.807, 2.05) is 0 Å². The summed E-state index contributed by atoms with van der Waals surface area (Å²) in [5.74, 6) is 0. The minimum atomic E-state index is 0.0107. The minimum Gasteiger partial charge on any atom is -0.341 e. The van der Waals surface area contributed by atoms with Gasteiger partial charge in [-0.3, -0.25) is 0 Å². The van der Waals surface area contributed by atoms with Crippen LogP contribution < -0.4 is 9.80 Å². The number of aryl methyl sites for hydroxylation is 2. The van der Waals surface area contributed by atoms with Gasteiger partial charge in [-0.25, -0.2) is 0 Å². The van der Waals surface area contributed by atoms with Gasteiger partial charge in [-0.05, 0) is 132 Å². The predicted octanol–water partition coefficient (Wildman–Crippen LogP) is 13.1. The van der Waals surface area contributed by atoms with Crippen molar-refractivity contribution in [3.63, 3.8) is 0 Å². The Morgan fingerprint density at radius 2 is 0.868 bits per heavy atom. The van der Waals surface area contributed by atoms with E-state index in [9.17, 15) is 0 Å². The van der Waals surface area contributed by atoms with Crippen molar-refractivity contribution in [3.05, 3.63) is 177 Å². The number of benzene rings is 6. The lowest BCUT2D eigenvalue weighted by Gasteiger charge is -2.30. The first-order valence-corrected chi connectivity index (χ1v) is 19.5. The summed E-state index contributed by atoms with van der Waals surface area (Å²) in [7, 11) is 0. The second-order valence-electron chi connectivity index (χ2n) is 15.3. The molecule has 1 aliphatic carbocycles. The van der Waals surface area contributed by atoms with E-state index in [-0.39, 0.29) is 5.41 Å². The lowest BCUT2D eigenvalue weighted by atomic mass is 9.73. The summed E-state index contributed by atoms with van der Waals surface area (Å²) in [6.45, 7) is 11.2. The van der Waals surface area contributed by atoms with E-state index < -0.39 is 0 Å². The maximum Gasteiger partial charge on any atom is 0.0444 e. The van der Waals surface area contributed by atoms with E-state index in [2.05, 4.69) is 183 Å². The smallest absolute Gasteiger partial charge is 0.0444 e. The van der Waals surface area contributed by atoms with Crippen molar-refractivity contribution in [2.75, 3.05) is 22.9 Å². The average molecular weight is 689 g/mol. The third-order valence-electron chi connectivity index (χ3n) is 12.2. The molecule has 0 radical (unpaired) electrons. The Balaban J connectivity index is 0.923. The van der Waals surface area contributed by atoms with Crippen LogP contribution in [0.1, 0.15) is 82.3 Å². The summed E-state index contributed by atoms with van der Waals surface area (Å²) in [4.78, 5) is 4.90. The molecule has 0 amide bonds. The maximum absolute atomic E-state index is 2.45. The maximum atomic E-state index is 2.45. The Kier molecular flexibility index (Phi) is 8.42. The zero-order chi connectivity index (χ0) is 36.1. The average Bonchev–Trinajstić information content (AvgIpc) is 3.88. The standard InChI is InChI=1S/C51H48N2/c1-5-51(6-2)47-33-39(11-9-37-13-19-43(20-14-37)52-29-27-41-31-35(3)7-25-49(41)52)17-23-45(47)46-24-18-40(34-48(46)51)12-10-38-15-21-44(22-16-38)53-30-28-42-32-36(4)8-26-50(42)53/h7-26,31-34H,5-6,27-30H2,1-4H3/b11-9+,12-10+. The van der Waals surface area contributed by atoms with Crippen LogP contribution in [-0.4, -0.2) is 13.1 Å². The molecule has 0 saturated heterocycles. The molecule has 0 atom stereocenters. The summed E-state index contributed by atoms with van der Waals surface area (Å²) in [5, 5.41) is 0. The highest BCUT2D eigenvalue weighted by atomic mass is 15.2. The van der Waals surface area contributed by atoms with Crippen LogP contribution in [0.15, 0.2) is 121 Å². The topological polar surface area (TPSA) is 6.48 Å². The second kappa shape index (κ2) is 13.4. The van der Waals surface area contributed by atoms with Crippen LogP contribution >= 0.6 is 0 Å². The summed E-state index contributed by atoms with van der Waals surface area (Å²) in [6, 6.07) is 45.9. The Morgan fingerprint density at radius 1 is 0.472 bits per heavy atom. The monoisotopic (exact) mass is 688 g/mol. The Morgan fingerprint density at radius 3 is 1.28 bits per heavy atom. The van der Waals surface area contributed by atoms with Crippen LogP contribution in [0.2, 0.25) is 0 Å². The fraction of sp³-hybridized carbons (Fsp3) is 0.216. The van der Waals surface area contributed by atoms with Crippen LogP contribution in [0.4, 0.5) is 22.7 Å². The van der Waals surface area contributed by atoms with Gasteiger partial charge in [0.05, 0.1) is 0 Å². The highest BCUT2D eigenvalue weighted by molar-refractivity contribution is 5.85. The van der Waals surface area contributed by atoms with Gasteiger partial charge in [0.1, 0.15) is 0 Å². The minimum absolute atomic E-state index is 0.0107. The van der Waals surface area contributed by atoms with Gasteiger partial charge < -0.3 is 9.80 Å². The SMILES string of the molecule is CCC1(CC)c2cc(/C=C/c3ccc(N4CCc5cc(C)ccc54)cc3)ccc2-c2ccc(/C=C/c3ccc(N4CCc5cc(C)ccc54)cc3)cc21. The van der Waals surface area contributed by atoms with Crippen molar-refractivity contribution in [3.8, 4) is 11.1 Å². The number of nitrogens with zero attached hydrogens (tertiary/aromatic N) is 2. The molecule has 0 aromatic heterocycles. The normalized spacial score (nSPS) is 15.3. The van der Waals surface area contributed by atoms with E-state index in [0.717, 1.165) is 38.8 Å². The molecule has 3 aliphatic rings. The van der Waals surface area contributed by atoms with Crippen LogP contribution in [0.25, 0.3) is 35.4 Å². The van der Waals surface area contributed by atoms with E-state index in [1.54, 1.807) is 0 Å². The fourth-order valence-electron chi connectivity index (χ4n) is 9.26.